The highest BCUT2D eigenvalue weighted by atomic mass is 16.5. The van der Waals surface area contributed by atoms with Gasteiger partial charge in [-0.1, -0.05) is 25.0 Å². The van der Waals surface area contributed by atoms with Gasteiger partial charge >= 0.3 is 0 Å². The summed E-state index contributed by atoms with van der Waals surface area (Å²) in [4.78, 5) is 15.8. The number of hydrogen-bond donors (Lipinski definition) is 1. The summed E-state index contributed by atoms with van der Waals surface area (Å²) in [5, 5.41) is 3.22. The first-order valence-electron chi connectivity index (χ1n) is 11.6. The summed E-state index contributed by atoms with van der Waals surface area (Å²) >= 11 is 0. The number of methoxy groups -OCH3 is 1. The van der Waals surface area contributed by atoms with E-state index in [4.69, 9.17) is 4.74 Å². The maximum absolute atomic E-state index is 13.1. The van der Waals surface area contributed by atoms with E-state index in [1.165, 1.54) is 68.4 Å². The molecule has 4 atom stereocenters. The van der Waals surface area contributed by atoms with Crippen molar-refractivity contribution < 1.29 is 9.53 Å². The van der Waals surface area contributed by atoms with Crippen LogP contribution in [0, 0.1) is 11.8 Å². The lowest BCUT2D eigenvalue weighted by molar-refractivity contribution is 0.102. The van der Waals surface area contributed by atoms with Gasteiger partial charge < -0.3 is 15.0 Å². The van der Waals surface area contributed by atoms with Crippen molar-refractivity contribution in [2.75, 3.05) is 30.4 Å². The van der Waals surface area contributed by atoms with E-state index >= 15 is 0 Å². The van der Waals surface area contributed by atoms with E-state index in [9.17, 15) is 4.79 Å². The fourth-order valence-electron chi connectivity index (χ4n) is 6.87. The summed E-state index contributed by atoms with van der Waals surface area (Å²) in [5.41, 5.74) is 6.07. The number of hydrogen-bond acceptors (Lipinski definition) is 3. The van der Waals surface area contributed by atoms with Gasteiger partial charge in [0, 0.05) is 24.5 Å². The number of nitrogens with zero attached hydrogens (tertiary/aromatic N) is 1. The molecular formula is C26H30N2O2. The first-order valence-corrected chi connectivity index (χ1v) is 11.6. The lowest BCUT2D eigenvalue weighted by atomic mass is 9.75. The van der Waals surface area contributed by atoms with Crippen molar-refractivity contribution in [3.63, 3.8) is 0 Å². The zero-order valence-corrected chi connectivity index (χ0v) is 17.7. The van der Waals surface area contributed by atoms with Gasteiger partial charge in [-0.25, -0.2) is 0 Å². The molecule has 0 spiro atoms. The van der Waals surface area contributed by atoms with Crippen molar-refractivity contribution in [3.05, 3.63) is 53.1 Å². The Balaban J connectivity index is 1.42. The molecule has 0 saturated heterocycles. The quantitative estimate of drug-likeness (QED) is 0.732. The highest BCUT2D eigenvalue weighted by Crippen LogP contribution is 2.56. The van der Waals surface area contributed by atoms with Crippen LogP contribution in [-0.4, -0.2) is 26.1 Å². The van der Waals surface area contributed by atoms with E-state index in [1.54, 1.807) is 7.11 Å². The van der Waals surface area contributed by atoms with Gasteiger partial charge in [0.2, 0.25) is 0 Å². The molecule has 2 aliphatic carbocycles. The Morgan fingerprint density at radius 2 is 1.60 bits per heavy atom. The second-order valence-corrected chi connectivity index (χ2v) is 9.66. The lowest BCUT2D eigenvalue weighted by Crippen LogP contribution is -2.43. The lowest BCUT2D eigenvalue weighted by Gasteiger charge is -2.46. The molecule has 2 aliphatic heterocycles. The molecule has 156 valence electrons. The van der Waals surface area contributed by atoms with Gasteiger partial charge in [-0.05, 0) is 84.7 Å². The second-order valence-electron chi connectivity index (χ2n) is 9.66. The average molecular weight is 403 g/mol. The van der Waals surface area contributed by atoms with E-state index in [2.05, 4.69) is 22.3 Å². The molecule has 30 heavy (non-hydrogen) atoms. The van der Waals surface area contributed by atoms with Crippen molar-refractivity contribution in [3.8, 4) is 5.75 Å². The zero-order valence-electron chi connectivity index (χ0n) is 17.7. The maximum Gasteiger partial charge on any atom is 0.259 e. The largest absolute Gasteiger partial charge is 0.496 e. The Bertz CT molecular complexity index is 955. The molecular weight excluding hydrogens is 372 g/mol. The van der Waals surface area contributed by atoms with Gasteiger partial charge in [0.15, 0.2) is 0 Å². The smallest absolute Gasteiger partial charge is 0.259 e. The summed E-state index contributed by atoms with van der Waals surface area (Å²) in [6, 6.07) is 12.0. The molecule has 2 aromatic carbocycles. The van der Waals surface area contributed by atoms with Crippen molar-refractivity contribution in [1.82, 2.24) is 0 Å². The van der Waals surface area contributed by atoms with Crippen molar-refractivity contribution in [2.24, 2.45) is 11.8 Å². The van der Waals surface area contributed by atoms with Gasteiger partial charge in [0.25, 0.3) is 5.91 Å². The van der Waals surface area contributed by atoms with E-state index in [0.29, 0.717) is 23.1 Å². The predicted octanol–water partition coefficient (Wildman–Crippen LogP) is 5.55. The Hall–Kier alpha value is -2.49. The maximum atomic E-state index is 13.1. The van der Waals surface area contributed by atoms with Gasteiger partial charge in [-0.3, -0.25) is 4.79 Å². The highest BCUT2D eigenvalue weighted by Gasteiger charge is 2.44. The molecule has 4 nitrogen and oxygen atoms in total. The first-order chi connectivity index (χ1) is 14.7. The van der Waals surface area contributed by atoms with Crippen LogP contribution in [-0.2, 0) is 0 Å². The fraction of sp³-hybridized carbons (Fsp3) is 0.500. The molecule has 2 fully saturated rings. The second kappa shape index (κ2) is 7.04. The SMILES string of the molecule is COc1ccccc1C(=O)Nc1cc2c3c(c1)[C@H]1CCC[C@H]1CN3C[C@H]1CCC[C@H]21. The van der Waals surface area contributed by atoms with Crippen LogP contribution < -0.4 is 15.0 Å². The summed E-state index contributed by atoms with van der Waals surface area (Å²) in [6.45, 7) is 2.47. The van der Waals surface area contributed by atoms with Gasteiger partial charge in [-0.2, -0.15) is 0 Å². The van der Waals surface area contributed by atoms with E-state index < -0.39 is 0 Å². The summed E-state index contributed by atoms with van der Waals surface area (Å²) in [5.74, 6) is 3.42. The predicted molar refractivity (Wildman–Crippen MR) is 120 cm³/mol. The Kier molecular flexibility index (Phi) is 4.29. The molecule has 4 heteroatoms. The van der Waals surface area contributed by atoms with Gasteiger partial charge in [0.1, 0.15) is 5.75 Å². The molecule has 2 saturated carbocycles. The minimum Gasteiger partial charge on any atom is -0.496 e. The highest BCUT2D eigenvalue weighted by molar-refractivity contribution is 6.06. The van der Waals surface area contributed by atoms with Crippen LogP contribution in [0.15, 0.2) is 36.4 Å². The number of fused-ring (bicyclic) bond motifs is 4. The molecule has 2 heterocycles. The molecule has 0 bridgehead atoms. The molecule has 1 amide bonds. The Labute approximate surface area is 178 Å². The van der Waals surface area contributed by atoms with Crippen LogP contribution in [0.25, 0.3) is 0 Å². The molecule has 0 aromatic heterocycles. The normalized spacial score (nSPS) is 28.5. The van der Waals surface area contributed by atoms with Gasteiger partial charge in [0.05, 0.1) is 12.7 Å². The minimum atomic E-state index is -0.0889. The van der Waals surface area contributed by atoms with E-state index in [1.807, 2.05) is 24.3 Å². The third-order valence-electron chi connectivity index (χ3n) is 8.12. The number of anilines is 2. The molecule has 6 rings (SSSR count). The number of benzene rings is 2. The topological polar surface area (TPSA) is 41.6 Å². The molecule has 2 aromatic rings. The molecule has 4 aliphatic rings. The average Bonchev–Trinajstić information content (AvgIpc) is 3.43. The number of carbonyl (C=O) groups excluding carboxylic acids is 1. The number of carbonyl (C=O) groups is 1. The standard InChI is InChI=1S/C26H30N2O2/c1-30-24-11-3-2-8-21(24)26(29)27-18-12-22-19-9-4-6-16(19)14-28-15-17-7-5-10-20(17)23(13-18)25(22)28/h2-3,8,11-13,16-17,19-20H,4-7,9-10,14-15H2,1H3,(H,27,29)/t16-,17+,19-,20-/m0/s1. The van der Waals surface area contributed by atoms with Gasteiger partial charge in [-0.15, -0.1) is 0 Å². The van der Waals surface area contributed by atoms with Crippen molar-refractivity contribution in [2.45, 2.75) is 50.4 Å². The number of rotatable bonds is 3. The summed E-state index contributed by atoms with van der Waals surface area (Å²) < 4.78 is 5.41. The van der Waals surface area contributed by atoms with Crippen LogP contribution >= 0.6 is 0 Å². The van der Waals surface area contributed by atoms with Crippen LogP contribution in [0.5, 0.6) is 5.75 Å². The van der Waals surface area contributed by atoms with Crippen molar-refractivity contribution >= 4 is 17.3 Å². The molecule has 1 N–H and O–H groups in total. The summed E-state index contributed by atoms with van der Waals surface area (Å²) in [6.07, 6.45) is 7.96. The van der Waals surface area contributed by atoms with Crippen LogP contribution in [0.1, 0.15) is 71.8 Å². The number of nitrogens with one attached hydrogen (secondary N) is 1. The Morgan fingerprint density at radius 1 is 0.967 bits per heavy atom. The van der Waals surface area contributed by atoms with E-state index in [-0.39, 0.29) is 5.91 Å². The number of amides is 1. The zero-order chi connectivity index (χ0) is 20.2. The van der Waals surface area contributed by atoms with Crippen LogP contribution in [0.4, 0.5) is 11.4 Å². The fourth-order valence-corrected chi connectivity index (χ4v) is 6.87. The Morgan fingerprint density at radius 3 is 2.23 bits per heavy atom. The number of para-hydroxylation sites is 1. The summed E-state index contributed by atoms with van der Waals surface area (Å²) in [7, 11) is 1.62. The van der Waals surface area contributed by atoms with E-state index in [0.717, 1.165) is 17.5 Å². The first kappa shape index (κ1) is 18.3. The molecule has 0 radical (unpaired) electrons. The minimum absolute atomic E-state index is 0.0889. The van der Waals surface area contributed by atoms with Crippen LogP contribution in [0.2, 0.25) is 0 Å². The van der Waals surface area contributed by atoms with Crippen LogP contribution in [0.3, 0.4) is 0 Å². The molecule has 0 unspecified atom stereocenters. The third-order valence-corrected chi connectivity index (χ3v) is 8.12. The van der Waals surface area contributed by atoms with Crippen molar-refractivity contribution in [1.29, 1.82) is 0 Å². The third kappa shape index (κ3) is 2.76. The number of ether oxygens (including phenoxy) is 1. The monoisotopic (exact) mass is 402 g/mol.